The molecule has 7 heteroatoms. The zero-order valence-corrected chi connectivity index (χ0v) is 14.6. The minimum atomic E-state index is -1.01. The van der Waals surface area contributed by atoms with Crippen molar-refractivity contribution in [2.24, 2.45) is 0 Å². The Morgan fingerprint density at radius 3 is 2.54 bits per heavy atom. The van der Waals surface area contributed by atoms with Crippen LogP contribution in [-0.4, -0.2) is 26.8 Å². The van der Waals surface area contributed by atoms with E-state index in [1.807, 2.05) is 26.8 Å². The minimum absolute atomic E-state index is 0.0963. The molecule has 1 aromatic heterocycles. The van der Waals surface area contributed by atoms with Crippen LogP contribution in [0.2, 0.25) is 5.02 Å². The Kier molecular flexibility index (Phi) is 5.29. The third-order valence-electron chi connectivity index (χ3n) is 3.36. The summed E-state index contributed by atoms with van der Waals surface area (Å²) in [5.41, 5.74) is 1.31. The van der Waals surface area contributed by atoms with Gasteiger partial charge in [0, 0.05) is 22.9 Å². The summed E-state index contributed by atoms with van der Waals surface area (Å²) in [5.74, 6) is -0.900. The van der Waals surface area contributed by atoms with Crippen LogP contribution in [-0.2, 0) is 15.0 Å². The molecule has 0 aliphatic heterocycles. The number of rotatable bonds is 5. The molecule has 0 aliphatic carbocycles. The maximum atomic E-state index is 12.0. The number of carboxylic acid groups (broad SMARTS) is 1. The molecule has 2 N–H and O–H groups in total. The van der Waals surface area contributed by atoms with Crippen molar-refractivity contribution in [2.75, 3.05) is 5.32 Å². The van der Waals surface area contributed by atoms with Gasteiger partial charge in [-0.25, -0.2) is 4.68 Å². The van der Waals surface area contributed by atoms with Crippen LogP contribution >= 0.6 is 11.6 Å². The highest BCUT2D eigenvalue weighted by atomic mass is 35.5. The van der Waals surface area contributed by atoms with Gasteiger partial charge in [-0.05, 0) is 18.2 Å². The van der Waals surface area contributed by atoms with Crippen LogP contribution in [0.3, 0.4) is 0 Å². The third-order valence-corrected chi connectivity index (χ3v) is 3.60. The Morgan fingerprint density at radius 1 is 1.25 bits per heavy atom. The van der Waals surface area contributed by atoms with Crippen LogP contribution in [0.1, 0.15) is 39.3 Å². The highest BCUT2D eigenvalue weighted by Crippen LogP contribution is 2.27. The average molecular weight is 350 g/mol. The fourth-order valence-corrected chi connectivity index (χ4v) is 2.25. The molecule has 2 rings (SSSR count). The molecule has 0 spiro atoms. The third kappa shape index (κ3) is 4.58. The number of carbonyl (C=O) groups excluding carboxylic acids is 1. The minimum Gasteiger partial charge on any atom is -0.481 e. The van der Waals surface area contributed by atoms with Gasteiger partial charge in [-0.2, -0.15) is 5.10 Å². The van der Waals surface area contributed by atoms with Crippen molar-refractivity contribution in [3.8, 4) is 5.69 Å². The zero-order chi connectivity index (χ0) is 17.9. The summed E-state index contributed by atoms with van der Waals surface area (Å²) in [6, 6.07) is 8.92. The number of anilines is 1. The van der Waals surface area contributed by atoms with E-state index in [4.69, 9.17) is 16.7 Å². The summed E-state index contributed by atoms with van der Waals surface area (Å²) in [4.78, 5) is 22.6. The van der Waals surface area contributed by atoms with Crippen LogP contribution in [0.15, 0.2) is 30.3 Å². The number of carbonyl (C=O) groups is 2. The van der Waals surface area contributed by atoms with E-state index >= 15 is 0 Å². The average Bonchev–Trinajstić information content (AvgIpc) is 2.89. The molecule has 0 fully saturated rings. The van der Waals surface area contributed by atoms with Gasteiger partial charge in [0.15, 0.2) is 0 Å². The molecule has 1 heterocycles. The molecule has 0 saturated carbocycles. The first-order chi connectivity index (χ1) is 11.2. The van der Waals surface area contributed by atoms with E-state index in [0.717, 1.165) is 5.69 Å². The van der Waals surface area contributed by atoms with Crippen LogP contribution in [0, 0.1) is 0 Å². The van der Waals surface area contributed by atoms with Gasteiger partial charge in [-0.3, -0.25) is 9.59 Å². The van der Waals surface area contributed by atoms with Gasteiger partial charge in [0.1, 0.15) is 5.82 Å². The number of halogens is 1. The lowest BCUT2D eigenvalue weighted by Gasteiger charge is -2.14. The van der Waals surface area contributed by atoms with Gasteiger partial charge in [0.05, 0.1) is 17.8 Å². The SMILES string of the molecule is CC(C)(C)c1cc(NC(=O)CCC(=O)O)n(-c2cccc(Cl)c2)n1. The second kappa shape index (κ2) is 7.05. The monoisotopic (exact) mass is 349 g/mol. The normalized spacial score (nSPS) is 11.3. The van der Waals surface area contributed by atoms with E-state index in [0.29, 0.717) is 16.5 Å². The largest absolute Gasteiger partial charge is 0.481 e. The van der Waals surface area contributed by atoms with Gasteiger partial charge in [-0.1, -0.05) is 38.4 Å². The van der Waals surface area contributed by atoms with Crippen LogP contribution in [0.25, 0.3) is 5.69 Å². The molecule has 0 aliphatic rings. The zero-order valence-electron chi connectivity index (χ0n) is 13.8. The van der Waals surface area contributed by atoms with E-state index in [2.05, 4.69) is 10.4 Å². The van der Waals surface area contributed by atoms with E-state index < -0.39 is 5.97 Å². The molecule has 128 valence electrons. The first-order valence-electron chi connectivity index (χ1n) is 7.55. The van der Waals surface area contributed by atoms with Crippen molar-refractivity contribution < 1.29 is 14.7 Å². The van der Waals surface area contributed by atoms with Crippen molar-refractivity contribution in [2.45, 2.75) is 39.0 Å². The van der Waals surface area contributed by atoms with Crippen LogP contribution < -0.4 is 5.32 Å². The second-order valence-corrected chi connectivity index (χ2v) is 6.93. The smallest absolute Gasteiger partial charge is 0.303 e. The maximum absolute atomic E-state index is 12.0. The molecule has 0 saturated heterocycles. The van der Waals surface area contributed by atoms with E-state index in [-0.39, 0.29) is 24.2 Å². The summed E-state index contributed by atoms with van der Waals surface area (Å²) >= 11 is 6.04. The van der Waals surface area contributed by atoms with E-state index in [1.165, 1.54) is 0 Å². The number of aromatic nitrogens is 2. The second-order valence-electron chi connectivity index (χ2n) is 6.50. The maximum Gasteiger partial charge on any atom is 0.303 e. The van der Waals surface area contributed by atoms with Gasteiger partial charge in [-0.15, -0.1) is 0 Å². The summed E-state index contributed by atoms with van der Waals surface area (Å²) in [6.07, 6.45) is -0.315. The number of amides is 1. The highest BCUT2D eigenvalue weighted by Gasteiger charge is 2.21. The topological polar surface area (TPSA) is 84.2 Å². The lowest BCUT2D eigenvalue weighted by molar-refractivity contribution is -0.138. The fourth-order valence-electron chi connectivity index (χ4n) is 2.07. The first kappa shape index (κ1) is 18.0. The Morgan fingerprint density at radius 2 is 1.96 bits per heavy atom. The predicted molar refractivity (Wildman–Crippen MR) is 92.8 cm³/mol. The molecule has 1 amide bonds. The van der Waals surface area contributed by atoms with Gasteiger partial charge in [0.25, 0.3) is 0 Å². The molecule has 6 nitrogen and oxygen atoms in total. The number of nitrogens with one attached hydrogen (secondary N) is 1. The Hall–Kier alpha value is -2.34. The number of aliphatic carboxylic acids is 1. The number of nitrogens with zero attached hydrogens (tertiary/aromatic N) is 2. The molecule has 0 atom stereocenters. The molecule has 1 aromatic carbocycles. The quantitative estimate of drug-likeness (QED) is 0.863. The number of hydrogen-bond donors (Lipinski definition) is 2. The summed E-state index contributed by atoms with van der Waals surface area (Å²) in [6.45, 7) is 6.06. The van der Waals surface area contributed by atoms with Gasteiger partial charge in [0.2, 0.25) is 5.91 Å². The van der Waals surface area contributed by atoms with E-state index in [9.17, 15) is 9.59 Å². The lowest BCUT2D eigenvalue weighted by atomic mass is 9.92. The van der Waals surface area contributed by atoms with Gasteiger partial charge < -0.3 is 10.4 Å². The molecular formula is C17H20ClN3O3. The van der Waals surface area contributed by atoms with E-state index in [1.54, 1.807) is 28.9 Å². The summed E-state index contributed by atoms with van der Waals surface area (Å²) in [7, 11) is 0. The van der Waals surface area contributed by atoms with Crippen molar-refractivity contribution >= 4 is 29.3 Å². The van der Waals surface area contributed by atoms with Crippen molar-refractivity contribution in [3.63, 3.8) is 0 Å². The Bertz CT molecular complexity index is 763. The Labute approximate surface area is 145 Å². The number of hydrogen-bond acceptors (Lipinski definition) is 3. The van der Waals surface area contributed by atoms with Crippen molar-refractivity contribution in [1.82, 2.24) is 9.78 Å². The molecular weight excluding hydrogens is 330 g/mol. The number of benzene rings is 1. The Balaban J connectivity index is 2.36. The van der Waals surface area contributed by atoms with Crippen LogP contribution in [0.5, 0.6) is 0 Å². The lowest BCUT2D eigenvalue weighted by Crippen LogP contribution is -2.16. The summed E-state index contributed by atoms with van der Waals surface area (Å²) < 4.78 is 1.60. The highest BCUT2D eigenvalue weighted by molar-refractivity contribution is 6.30. The molecule has 0 unspecified atom stereocenters. The fraction of sp³-hybridized carbons (Fsp3) is 0.353. The van der Waals surface area contributed by atoms with Crippen molar-refractivity contribution in [1.29, 1.82) is 0 Å². The molecule has 0 radical (unpaired) electrons. The molecule has 2 aromatic rings. The summed E-state index contributed by atoms with van der Waals surface area (Å²) in [5, 5.41) is 16.5. The predicted octanol–water partition coefficient (Wildman–Crippen LogP) is 3.63. The standard InChI is InChI=1S/C17H20ClN3O3/c1-17(2,3)13-10-14(19-15(22)7-8-16(23)24)21(20-13)12-6-4-5-11(18)9-12/h4-6,9-10H,7-8H2,1-3H3,(H,19,22)(H,23,24). The van der Waals surface area contributed by atoms with Gasteiger partial charge >= 0.3 is 5.97 Å². The molecule has 24 heavy (non-hydrogen) atoms. The first-order valence-corrected chi connectivity index (χ1v) is 7.93. The molecule has 0 bridgehead atoms. The van der Waals surface area contributed by atoms with Crippen molar-refractivity contribution in [3.05, 3.63) is 41.0 Å². The van der Waals surface area contributed by atoms with Crippen LogP contribution in [0.4, 0.5) is 5.82 Å². The number of carboxylic acids is 1.